The topological polar surface area (TPSA) is 84.5 Å². The molecule has 30 heavy (non-hydrogen) atoms. The molecule has 6 nitrogen and oxygen atoms in total. The third kappa shape index (κ3) is 5.53. The molecule has 9 heteroatoms. The molecule has 0 saturated carbocycles. The van der Waals surface area contributed by atoms with Gasteiger partial charge in [-0.05, 0) is 73.7 Å². The van der Waals surface area contributed by atoms with Crippen LogP contribution in [0.4, 0.5) is 11.4 Å². The third-order valence-electron chi connectivity index (χ3n) is 4.01. The van der Waals surface area contributed by atoms with Gasteiger partial charge in [-0.3, -0.25) is 9.52 Å². The lowest BCUT2D eigenvalue weighted by Gasteiger charge is -2.11. The number of halogens is 2. The number of anilines is 2. The standard InChI is InChI=1S/C21H18BrClN2O4S/c1-2-29-17-8-4-16(5-9-17)25-30(27,28)18-10-6-15(7-11-18)24-21(26)19-13-14(22)3-12-20(19)23/h3-13,25H,2H2,1H3,(H,24,26). The SMILES string of the molecule is CCOc1ccc(NS(=O)(=O)c2ccc(NC(=O)c3cc(Br)ccc3Cl)cc2)cc1. The molecule has 0 radical (unpaired) electrons. The van der Waals surface area contributed by atoms with Crippen molar-refractivity contribution in [3.63, 3.8) is 0 Å². The zero-order valence-electron chi connectivity index (χ0n) is 15.9. The molecule has 0 aliphatic heterocycles. The summed E-state index contributed by atoms with van der Waals surface area (Å²) in [7, 11) is -3.78. The maximum Gasteiger partial charge on any atom is 0.261 e. The second kappa shape index (κ2) is 9.51. The fraction of sp³-hybridized carbons (Fsp3) is 0.0952. The second-order valence-corrected chi connectivity index (χ2v) is 9.17. The molecule has 1 amide bonds. The number of carbonyl (C=O) groups excluding carboxylic acids is 1. The predicted octanol–water partition coefficient (Wildman–Crippen LogP) is 5.55. The van der Waals surface area contributed by atoms with Gasteiger partial charge in [0.05, 0.1) is 22.1 Å². The first-order valence-corrected chi connectivity index (χ1v) is 11.6. The Labute approximate surface area is 188 Å². The maximum absolute atomic E-state index is 12.6. The van der Waals surface area contributed by atoms with E-state index in [4.69, 9.17) is 16.3 Å². The molecule has 0 aliphatic carbocycles. The Morgan fingerprint density at radius 2 is 1.63 bits per heavy atom. The van der Waals surface area contributed by atoms with Crippen LogP contribution in [0.5, 0.6) is 5.75 Å². The van der Waals surface area contributed by atoms with Crippen molar-refractivity contribution in [2.45, 2.75) is 11.8 Å². The smallest absolute Gasteiger partial charge is 0.261 e. The molecule has 3 aromatic carbocycles. The van der Waals surface area contributed by atoms with Crippen LogP contribution >= 0.6 is 27.5 Å². The van der Waals surface area contributed by atoms with E-state index in [1.54, 1.807) is 42.5 Å². The number of amides is 1. The molecular formula is C21H18BrClN2O4S. The summed E-state index contributed by atoms with van der Waals surface area (Å²) in [6.07, 6.45) is 0. The minimum atomic E-state index is -3.78. The van der Waals surface area contributed by atoms with E-state index in [2.05, 4.69) is 26.0 Å². The maximum atomic E-state index is 12.6. The van der Waals surface area contributed by atoms with E-state index in [1.165, 1.54) is 24.3 Å². The van der Waals surface area contributed by atoms with Crippen LogP contribution in [-0.2, 0) is 10.0 Å². The zero-order valence-corrected chi connectivity index (χ0v) is 19.0. The van der Waals surface area contributed by atoms with Crippen LogP contribution in [-0.4, -0.2) is 20.9 Å². The Morgan fingerprint density at radius 3 is 2.27 bits per heavy atom. The van der Waals surface area contributed by atoms with Crippen molar-refractivity contribution in [3.05, 3.63) is 81.8 Å². The highest BCUT2D eigenvalue weighted by Gasteiger charge is 2.15. The molecular weight excluding hydrogens is 492 g/mol. The van der Waals surface area contributed by atoms with Gasteiger partial charge in [0.25, 0.3) is 15.9 Å². The molecule has 0 aromatic heterocycles. The number of carbonyl (C=O) groups is 1. The summed E-state index contributed by atoms with van der Waals surface area (Å²) >= 11 is 9.37. The summed E-state index contributed by atoms with van der Waals surface area (Å²) in [4.78, 5) is 12.5. The van der Waals surface area contributed by atoms with E-state index >= 15 is 0 Å². The monoisotopic (exact) mass is 508 g/mol. The molecule has 156 valence electrons. The highest BCUT2D eigenvalue weighted by molar-refractivity contribution is 9.10. The van der Waals surface area contributed by atoms with E-state index in [9.17, 15) is 13.2 Å². The molecule has 0 saturated heterocycles. The largest absolute Gasteiger partial charge is 0.494 e. The van der Waals surface area contributed by atoms with Gasteiger partial charge in [0.2, 0.25) is 0 Å². The predicted molar refractivity (Wildman–Crippen MR) is 122 cm³/mol. The second-order valence-electron chi connectivity index (χ2n) is 6.17. The lowest BCUT2D eigenvalue weighted by molar-refractivity contribution is 0.102. The van der Waals surface area contributed by atoms with Gasteiger partial charge in [0.1, 0.15) is 5.75 Å². The lowest BCUT2D eigenvalue weighted by Crippen LogP contribution is -2.14. The van der Waals surface area contributed by atoms with Crippen molar-refractivity contribution in [2.75, 3.05) is 16.6 Å². The third-order valence-corrected chi connectivity index (χ3v) is 6.23. The average molecular weight is 510 g/mol. The van der Waals surface area contributed by atoms with E-state index in [-0.39, 0.29) is 4.90 Å². The van der Waals surface area contributed by atoms with Crippen molar-refractivity contribution in [2.24, 2.45) is 0 Å². The summed E-state index contributed by atoms with van der Waals surface area (Å²) in [5.74, 6) is 0.260. The Morgan fingerprint density at radius 1 is 1.00 bits per heavy atom. The van der Waals surface area contributed by atoms with E-state index < -0.39 is 15.9 Å². The van der Waals surface area contributed by atoms with Gasteiger partial charge in [0.15, 0.2) is 0 Å². The molecule has 0 aliphatic rings. The number of hydrogen-bond donors (Lipinski definition) is 2. The van der Waals surface area contributed by atoms with Crippen molar-refractivity contribution in [3.8, 4) is 5.75 Å². The van der Waals surface area contributed by atoms with Gasteiger partial charge < -0.3 is 10.1 Å². The van der Waals surface area contributed by atoms with Crippen LogP contribution in [0.15, 0.2) is 76.1 Å². The normalized spacial score (nSPS) is 11.0. The fourth-order valence-corrected chi connectivity index (χ4v) is 4.21. The molecule has 0 fully saturated rings. The zero-order chi connectivity index (χ0) is 21.7. The Balaban J connectivity index is 1.71. The molecule has 0 bridgehead atoms. The Kier molecular flexibility index (Phi) is 7.02. The number of ether oxygens (including phenoxy) is 1. The first kappa shape index (κ1) is 22.1. The number of rotatable bonds is 7. The quantitative estimate of drug-likeness (QED) is 0.437. The summed E-state index contributed by atoms with van der Waals surface area (Å²) in [5.41, 5.74) is 1.16. The number of sulfonamides is 1. The van der Waals surface area contributed by atoms with Gasteiger partial charge in [-0.1, -0.05) is 27.5 Å². The fourth-order valence-electron chi connectivity index (χ4n) is 2.59. The van der Waals surface area contributed by atoms with Crippen LogP contribution in [0.25, 0.3) is 0 Å². The number of benzene rings is 3. The van der Waals surface area contributed by atoms with Crippen molar-refractivity contribution >= 4 is 54.8 Å². The van der Waals surface area contributed by atoms with Crippen molar-refractivity contribution < 1.29 is 17.9 Å². The number of nitrogens with one attached hydrogen (secondary N) is 2. The highest BCUT2D eigenvalue weighted by Crippen LogP contribution is 2.24. The van der Waals surface area contributed by atoms with Gasteiger partial charge in [-0.2, -0.15) is 0 Å². The summed E-state index contributed by atoms with van der Waals surface area (Å²) in [5, 5.41) is 3.01. The molecule has 3 aromatic rings. The summed E-state index contributed by atoms with van der Waals surface area (Å²) in [6.45, 7) is 2.40. The lowest BCUT2D eigenvalue weighted by atomic mass is 10.2. The van der Waals surface area contributed by atoms with E-state index in [0.29, 0.717) is 34.3 Å². The van der Waals surface area contributed by atoms with Crippen LogP contribution < -0.4 is 14.8 Å². The molecule has 0 heterocycles. The van der Waals surface area contributed by atoms with Crippen LogP contribution in [0, 0.1) is 0 Å². The van der Waals surface area contributed by atoms with Gasteiger partial charge in [0, 0.05) is 15.8 Å². The Hall–Kier alpha value is -2.55. The van der Waals surface area contributed by atoms with E-state index in [0.717, 1.165) is 4.47 Å². The van der Waals surface area contributed by atoms with Gasteiger partial charge in [-0.25, -0.2) is 8.42 Å². The van der Waals surface area contributed by atoms with Crippen LogP contribution in [0.2, 0.25) is 5.02 Å². The molecule has 0 atom stereocenters. The first-order valence-electron chi connectivity index (χ1n) is 8.90. The average Bonchev–Trinajstić information content (AvgIpc) is 2.71. The number of hydrogen-bond acceptors (Lipinski definition) is 4. The first-order chi connectivity index (χ1) is 14.3. The molecule has 0 spiro atoms. The van der Waals surface area contributed by atoms with Crippen molar-refractivity contribution in [1.82, 2.24) is 0 Å². The molecule has 0 unspecified atom stereocenters. The molecule has 3 rings (SSSR count). The van der Waals surface area contributed by atoms with E-state index in [1.807, 2.05) is 6.92 Å². The van der Waals surface area contributed by atoms with Gasteiger partial charge >= 0.3 is 0 Å². The molecule has 2 N–H and O–H groups in total. The van der Waals surface area contributed by atoms with Crippen LogP contribution in [0.1, 0.15) is 17.3 Å². The van der Waals surface area contributed by atoms with Crippen LogP contribution in [0.3, 0.4) is 0 Å². The minimum Gasteiger partial charge on any atom is -0.494 e. The highest BCUT2D eigenvalue weighted by atomic mass is 79.9. The minimum absolute atomic E-state index is 0.0647. The summed E-state index contributed by atoms with van der Waals surface area (Å²) in [6, 6.07) is 17.4. The summed E-state index contributed by atoms with van der Waals surface area (Å²) < 4.78 is 33.8. The Bertz CT molecular complexity index is 1150. The van der Waals surface area contributed by atoms with Gasteiger partial charge in [-0.15, -0.1) is 0 Å². The van der Waals surface area contributed by atoms with Crippen molar-refractivity contribution in [1.29, 1.82) is 0 Å².